The summed E-state index contributed by atoms with van der Waals surface area (Å²) >= 11 is 6.32. The summed E-state index contributed by atoms with van der Waals surface area (Å²) in [6.07, 6.45) is 1.25. The van der Waals surface area contributed by atoms with Crippen LogP contribution in [0.25, 0.3) is 0 Å². The molecule has 1 aliphatic rings. The smallest absolute Gasteiger partial charge is 0.137 e. The first-order chi connectivity index (χ1) is 9.68. The minimum Gasteiger partial charge on any atom is -0.359 e. The van der Waals surface area contributed by atoms with Crippen molar-refractivity contribution in [2.45, 2.75) is 39.5 Å². The zero-order valence-corrected chi connectivity index (χ0v) is 14.8. The molecule has 21 heavy (non-hydrogen) atoms. The summed E-state index contributed by atoms with van der Waals surface area (Å²) in [4.78, 5) is 13.9. The summed E-state index contributed by atoms with van der Waals surface area (Å²) in [6, 6.07) is 0. The Morgan fingerprint density at radius 3 is 2.52 bits per heavy atom. The van der Waals surface area contributed by atoms with E-state index in [0.717, 1.165) is 30.3 Å². The van der Waals surface area contributed by atoms with Crippen LogP contribution in [0.2, 0.25) is 5.15 Å². The standard InChI is InChI=1S/C16H27ClN4/c1-11-13(17)18-15(16(2,3)4)19-14(11)21(6)10-12-7-8-20(5)9-12/h12H,7-10H2,1-6H3. The van der Waals surface area contributed by atoms with Gasteiger partial charge in [-0.15, -0.1) is 0 Å². The first-order valence-electron chi connectivity index (χ1n) is 7.62. The fourth-order valence-electron chi connectivity index (χ4n) is 2.83. The van der Waals surface area contributed by atoms with Gasteiger partial charge in [0.15, 0.2) is 0 Å². The van der Waals surface area contributed by atoms with Crippen LogP contribution in [0.1, 0.15) is 38.6 Å². The van der Waals surface area contributed by atoms with Crippen molar-refractivity contribution in [1.82, 2.24) is 14.9 Å². The quantitative estimate of drug-likeness (QED) is 0.803. The van der Waals surface area contributed by atoms with E-state index in [1.165, 1.54) is 13.0 Å². The number of hydrogen-bond acceptors (Lipinski definition) is 4. The third-order valence-corrected chi connectivity index (χ3v) is 4.48. The van der Waals surface area contributed by atoms with E-state index in [1.807, 2.05) is 6.92 Å². The molecule has 0 aromatic carbocycles. The van der Waals surface area contributed by atoms with E-state index in [4.69, 9.17) is 16.6 Å². The van der Waals surface area contributed by atoms with E-state index in [-0.39, 0.29) is 5.41 Å². The normalized spacial score (nSPS) is 20.0. The molecule has 0 bridgehead atoms. The average molecular weight is 311 g/mol. The molecule has 2 rings (SSSR count). The van der Waals surface area contributed by atoms with Gasteiger partial charge in [-0.25, -0.2) is 9.97 Å². The van der Waals surface area contributed by atoms with E-state index in [0.29, 0.717) is 11.1 Å². The number of likely N-dealkylation sites (tertiary alicyclic amines) is 1. The van der Waals surface area contributed by atoms with Crippen LogP contribution in [-0.4, -0.2) is 48.6 Å². The molecule has 1 unspecified atom stereocenters. The first-order valence-corrected chi connectivity index (χ1v) is 8.00. The van der Waals surface area contributed by atoms with E-state index in [9.17, 15) is 0 Å². The second kappa shape index (κ2) is 6.09. The number of halogens is 1. The number of nitrogens with zero attached hydrogens (tertiary/aromatic N) is 4. The Hall–Kier alpha value is -0.870. The molecule has 5 heteroatoms. The maximum atomic E-state index is 6.32. The van der Waals surface area contributed by atoms with Gasteiger partial charge in [0.05, 0.1) is 0 Å². The third-order valence-electron chi connectivity index (χ3n) is 4.11. The summed E-state index contributed by atoms with van der Waals surface area (Å²) < 4.78 is 0. The molecule has 1 fully saturated rings. The van der Waals surface area contributed by atoms with Crippen molar-refractivity contribution in [1.29, 1.82) is 0 Å². The highest BCUT2D eigenvalue weighted by atomic mass is 35.5. The van der Waals surface area contributed by atoms with Crippen molar-refractivity contribution < 1.29 is 0 Å². The van der Waals surface area contributed by atoms with Crippen LogP contribution in [0.5, 0.6) is 0 Å². The Bertz CT molecular complexity index is 510. The first kappa shape index (κ1) is 16.5. The average Bonchev–Trinajstić information content (AvgIpc) is 2.76. The number of rotatable bonds is 3. The van der Waals surface area contributed by atoms with Gasteiger partial charge >= 0.3 is 0 Å². The molecule has 0 spiro atoms. The molecule has 4 nitrogen and oxygen atoms in total. The van der Waals surface area contributed by atoms with Gasteiger partial charge in [0, 0.05) is 31.1 Å². The SMILES string of the molecule is Cc1c(Cl)nc(C(C)(C)C)nc1N(C)CC1CCN(C)C1. The maximum absolute atomic E-state index is 6.32. The fourth-order valence-corrected chi connectivity index (χ4v) is 3.00. The molecule has 0 aliphatic carbocycles. The van der Waals surface area contributed by atoms with E-state index in [2.05, 4.69) is 49.7 Å². The Kier molecular flexibility index (Phi) is 4.79. The van der Waals surface area contributed by atoms with Gasteiger partial charge in [-0.2, -0.15) is 0 Å². The topological polar surface area (TPSA) is 32.3 Å². The zero-order valence-electron chi connectivity index (χ0n) is 14.1. The molecule has 1 atom stereocenters. The molecule has 1 aromatic heterocycles. The van der Waals surface area contributed by atoms with Crippen LogP contribution < -0.4 is 4.90 Å². The van der Waals surface area contributed by atoms with Gasteiger partial charge in [0.2, 0.25) is 0 Å². The van der Waals surface area contributed by atoms with Crippen molar-refractivity contribution in [3.05, 3.63) is 16.5 Å². The summed E-state index contributed by atoms with van der Waals surface area (Å²) in [5, 5.41) is 0.570. The van der Waals surface area contributed by atoms with E-state index >= 15 is 0 Å². The summed E-state index contributed by atoms with van der Waals surface area (Å²) in [5.74, 6) is 2.48. The van der Waals surface area contributed by atoms with E-state index < -0.39 is 0 Å². The van der Waals surface area contributed by atoms with Gasteiger partial charge < -0.3 is 9.80 Å². The molecule has 0 radical (unpaired) electrons. The Balaban J connectivity index is 2.23. The number of aromatic nitrogens is 2. The van der Waals surface area contributed by atoms with Gasteiger partial charge in [-0.05, 0) is 32.9 Å². The molecular weight excluding hydrogens is 284 g/mol. The van der Waals surface area contributed by atoms with Crippen molar-refractivity contribution in [3.8, 4) is 0 Å². The van der Waals surface area contributed by atoms with Gasteiger partial charge in [-0.1, -0.05) is 32.4 Å². The Morgan fingerprint density at radius 2 is 2.00 bits per heavy atom. The fraction of sp³-hybridized carbons (Fsp3) is 0.750. The molecule has 1 aromatic rings. The highest BCUT2D eigenvalue weighted by Gasteiger charge is 2.25. The summed E-state index contributed by atoms with van der Waals surface area (Å²) in [7, 11) is 4.29. The molecule has 0 saturated carbocycles. The Labute approximate surface area is 133 Å². The highest BCUT2D eigenvalue weighted by molar-refractivity contribution is 6.30. The predicted molar refractivity (Wildman–Crippen MR) is 89.4 cm³/mol. The lowest BCUT2D eigenvalue weighted by Gasteiger charge is -2.26. The molecular formula is C16H27ClN4. The van der Waals surface area contributed by atoms with E-state index in [1.54, 1.807) is 0 Å². The largest absolute Gasteiger partial charge is 0.359 e. The molecule has 1 saturated heterocycles. The molecule has 118 valence electrons. The van der Waals surface area contributed by atoms with Crippen molar-refractivity contribution >= 4 is 17.4 Å². The maximum Gasteiger partial charge on any atom is 0.137 e. The minimum atomic E-state index is -0.0967. The van der Waals surface area contributed by atoms with Crippen LogP contribution in [-0.2, 0) is 5.41 Å². The molecule has 2 heterocycles. The van der Waals surface area contributed by atoms with Crippen molar-refractivity contribution in [2.75, 3.05) is 38.6 Å². The Morgan fingerprint density at radius 1 is 1.33 bits per heavy atom. The van der Waals surface area contributed by atoms with Gasteiger partial charge in [0.1, 0.15) is 16.8 Å². The van der Waals surface area contributed by atoms with Crippen LogP contribution in [0, 0.1) is 12.8 Å². The lowest BCUT2D eigenvalue weighted by Crippen LogP contribution is -2.29. The minimum absolute atomic E-state index is 0.0967. The molecule has 1 aliphatic heterocycles. The lowest BCUT2D eigenvalue weighted by atomic mass is 9.95. The monoisotopic (exact) mass is 310 g/mol. The summed E-state index contributed by atoms with van der Waals surface area (Å²) in [5.41, 5.74) is 0.874. The van der Waals surface area contributed by atoms with Crippen LogP contribution in [0.3, 0.4) is 0 Å². The van der Waals surface area contributed by atoms with Crippen LogP contribution in [0.15, 0.2) is 0 Å². The van der Waals surface area contributed by atoms with Crippen molar-refractivity contribution in [2.24, 2.45) is 5.92 Å². The predicted octanol–water partition coefficient (Wildman–Crippen LogP) is 3.12. The van der Waals surface area contributed by atoms with Crippen molar-refractivity contribution in [3.63, 3.8) is 0 Å². The zero-order chi connectivity index (χ0) is 15.8. The lowest BCUT2D eigenvalue weighted by molar-refractivity contribution is 0.395. The third kappa shape index (κ3) is 3.86. The van der Waals surface area contributed by atoms with Crippen LogP contribution in [0.4, 0.5) is 5.82 Å². The highest BCUT2D eigenvalue weighted by Crippen LogP contribution is 2.28. The second-order valence-electron chi connectivity index (χ2n) is 7.33. The van der Waals surface area contributed by atoms with Gasteiger partial charge in [0.25, 0.3) is 0 Å². The molecule has 0 amide bonds. The molecule has 0 N–H and O–H groups in total. The number of hydrogen-bond donors (Lipinski definition) is 0. The number of anilines is 1. The van der Waals surface area contributed by atoms with Crippen LogP contribution >= 0.6 is 11.6 Å². The van der Waals surface area contributed by atoms with Gasteiger partial charge in [-0.3, -0.25) is 0 Å². The summed E-state index contributed by atoms with van der Waals surface area (Å²) in [6.45, 7) is 11.7. The second-order valence-corrected chi connectivity index (χ2v) is 7.69.